The summed E-state index contributed by atoms with van der Waals surface area (Å²) < 4.78 is 5.05. The molecule has 372 valence electrons. The third-order valence-electron chi connectivity index (χ3n) is 16.5. The number of benzene rings is 14. The van der Waals surface area contributed by atoms with Gasteiger partial charge in [-0.15, -0.1) is 11.3 Å². The molecule has 0 bridgehead atoms. The van der Waals surface area contributed by atoms with E-state index in [4.69, 9.17) is 0 Å². The Balaban J connectivity index is 0.909. The lowest BCUT2D eigenvalue weighted by atomic mass is 9.86. The van der Waals surface area contributed by atoms with Crippen LogP contribution in [0.2, 0.25) is 0 Å². The molecule has 1 nitrogen and oxygen atoms in total. The maximum atomic E-state index is 2.48. The molecule has 0 spiro atoms. The fourth-order valence-electron chi connectivity index (χ4n) is 12.9. The number of thiophene rings is 1. The van der Waals surface area contributed by atoms with Crippen LogP contribution in [0.15, 0.2) is 297 Å². The molecule has 0 aliphatic carbocycles. The van der Waals surface area contributed by atoms with Gasteiger partial charge in [0.15, 0.2) is 0 Å². The van der Waals surface area contributed by atoms with Gasteiger partial charge in [-0.3, -0.25) is 0 Å². The lowest BCUT2D eigenvalue weighted by Crippen LogP contribution is -1.95. The van der Waals surface area contributed by atoms with Gasteiger partial charge in [0.1, 0.15) is 0 Å². The van der Waals surface area contributed by atoms with Crippen LogP contribution in [0.25, 0.3) is 158 Å². The molecule has 0 N–H and O–H groups in total. The highest BCUT2D eigenvalue weighted by Gasteiger charge is 2.22. The Kier molecular flexibility index (Phi) is 10.8. The standard InChI is InChI=1S/C78H49NS/c1-4-21-50(22-5-1)54-29-18-30-56(43-54)68-46-58(51-23-6-2-7-24-51)47-71-72-49-59(48-70(78(72)80-77(68)71)62-39-20-28-52-25-10-11-33-61(52)62)55-41-42-74-69(45-55)63-34-16-17-40-73(63)79(74)60-32-19-31-57(44-60)76-66-37-14-12-35-64(66)75(53-26-8-3-9-27-53)65-36-13-15-38-67(65)76/h1-49H. The third-order valence-corrected chi connectivity index (χ3v) is 17.8. The van der Waals surface area contributed by atoms with Crippen molar-refractivity contribution >= 4 is 85.6 Å². The molecular formula is C78H49NS. The Morgan fingerprint density at radius 1 is 0.212 bits per heavy atom. The van der Waals surface area contributed by atoms with Crippen LogP contribution in [-0.4, -0.2) is 4.57 Å². The molecule has 0 amide bonds. The molecule has 0 aliphatic heterocycles. The van der Waals surface area contributed by atoms with E-state index in [1.54, 1.807) is 0 Å². The zero-order valence-corrected chi connectivity index (χ0v) is 44.5. The van der Waals surface area contributed by atoms with Crippen molar-refractivity contribution in [2.24, 2.45) is 0 Å². The molecular weight excluding hydrogens is 983 g/mol. The summed E-state index contributed by atoms with van der Waals surface area (Å²) in [5, 5.41) is 12.5. The van der Waals surface area contributed by atoms with Crippen molar-refractivity contribution in [2.45, 2.75) is 0 Å². The van der Waals surface area contributed by atoms with Crippen molar-refractivity contribution in [2.75, 3.05) is 0 Å². The molecule has 2 heteroatoms. The molecule has 0 fully saturated rings. The van der Waals surface area contributed by atoms with E-state index in [1.807, 2.05) is 11.3 Å². The summed E-state index contributed by atoms with van der Waals surface area (Å²) in [4.78, 5) is 0. The van der Waals surface area contributed by atoms with Crippen LogP contribution in [0, 0.1) is 0 Å². The van der Waals surface area contributed by atoms with Gasteiger partial charge in [-0.1, -0.05) is 237 Å². The predicted octanol–water partition coefficient (Wildman–Crippen LogP) is 22.3. The van der Waals surface area contributed by atoms with Crippen molar-refractivity contribution < 1.29 is 0 Å². The van der Waals surface area contributed by atoms with Crippen LogP contribution in [0.1, 0.15) is 0 Å². The monoisotopic (exact) mass is 1030 g/mol. The highest BCUT2D eigenvalue weighted by Crippen LogP contribution is 2.50. The van der Waals surface area contributed by atoms with Crippen LogP contribution in [0.3, 0.4) is 0 Å². The second-order valence-electron chi connectivity index (χ2n) is 21.1. The molecule has 0 saturated heterocycles. The Labute approximate surface area is 468 Å². The van der Waals surface area contributed by atoms with Gasteiger partial charge in [0.2, 0.25) is 0 Å². The minimum absolute atomic E-state index is 1.13. The lowest BCUT2D eigenvalue weighted by molar-refractivity contribution is 1.18. The first-order valence-corrected chi connectivity index (χ1v) is 28.4. The molecule has 16 aromatic rings. The van der Waals surface area contributed by atoms with E-state index in [1.165, 1.54) is 152 Å². The van der Waals surface area contributed by atoms with E-state index in [0.29, 0.717) is 0 Å². The third kappa shape index (κ3) is 7.52. The van der Waals surface area contributed by atoms with Gasteiger partial charge in [0.25, 0.3) is 0 Å². The normalized spacial score (nSPS) is 11.8. The summed E-state index contributed by atoms with van der Waals surface area (Å²) in [6.45, 7) is 0. The van der Waals surface area contributed by atoms with Crippen LogP contribution in [0.5, 0.6) is 0 Å². The fourth-order valence-corrected chi connectivity index (χ4v) is 14.2. The van der Waals surface area contributed by atoms with Gasteiger partial charge in [0, 0.05) is 47.8 Å². The molecule has 14 aromatic carbocycles. The van der Waals surface area contributed by atoms with Crippen LogP contribution in [0.4, 0.5) is 0 Å². The number of para-hydroxylation sites is 1. The van der Waals surface area contributed by atoms with Crippen molar-refractivity contribution in [1.29, 1.82) is 0 Å². The summed E-state index contributed by atoms with van der Waals surface area (Å²) >= 11 is 1.92. The maximum Gasteiger partial charge on any atom is 0.0541 e. The van der Waals surface area contributed by atoms with Crippen LogP contribution in [-0.2, 0) is 0 Å². The Hall–Kier alpha value is -10.1. The van der Waals surface area contributed by atoms with Crippen molar-refractivity contribution in [1.82, 2.24) is 4.57 Å². The van der Waals surface area contributed by atoms with Gasteiger partial charge >= 0.3 is 0 Å². The van der Waals surface area contributed by atoms with E-state index in [0.717, 1.165) is 5.69 Å². The van der Waals surface area contributed by atoms with Gasteiger partial charge < -0.3 is 4.57 Å². The van der Waals surface area contributed by atoms with Crippen molar-refractivity contribution in [3.63, 3.8) is 0 Å². The number of hydrogen-bond donors (Lipinski definition) is 0. The average molecular weight is 1030 g/mol. The highest BCUT2D eigenvalue weighted by molar-refractivity contribution is 7.27. The average Bonchev–Trinajstić information content (AvgIpc) is 4.19. The second kappa shape index (κ2) is 18.8. The molecule has 16 rings (SSSR count). The number of rotatable bonds is 8. The first-order chi connectivity index (χ1) is 39.7. The predicted molar refractivity (Wildman–Crippen MR) is 344 cm³/mol. The smallest absolute Gasteiger partial charge is 0.0541 e. The molecule has 2 heterocycles. The van der Waals surface area contributed by atoms with Crippen LogP contribution < -0.4 is 0 Å². The zero-order chi connectivity index (χ0) is 52.7. The molecule has 0 atom stereocenters. The number of aromatic nitrogens is 1. The SMILES string of the molecule is c1ccc(-c2cccc(-c3cc(-c4ccccc4)cc4c3sc3c(-c5cccc6ccccc56)cc(-c5ccc6c(c5)c5ccccc5n6-c5cccc(-c6c7ccccc7c(-c7ccccc7)c7ccccc67)c5)cc34)c2)cc1. The van der Waals surface area contributed by atoms with Crippen molar-refractivity contribution in [3.05, 3.63) is 297 Å². The molecule has 0 radical (unpaired) electrons. The Morgan fingerprint density at radius 3 is 1.36 bits per heavy atom. The zero-order valence-electron chi connectivity index (χ0n) is 43.6. The number of nitrogens with zero attached hydrogens (tertiary/aromatic N) is 1. The summed E-state index contributed by atoms with van der Waals surface area (Å²) in [6, 6.07) is 110. The molecule has 0 saturated carbocycles. The van der Waals surface area contributed by atoms with Gasteiger partial charge in [-0.25, -0.2) is 0 Å². The molecule has 80 heavy (non-hydrogen) atoms. The quantitative estimate of drug-likeness (QED) is 0.134. The summed E-state index contributed by atoms with van der Waals surface area (Å²) in [6.07, 6.45) is 0. The first-order valence-electron chi connectivity index (χ1n) is 27.6. The maximum absolute atomic E-state index is 2.48. The lowest BCUT2D eigenvalue weighted by Gasteiger charge is -2.18. The van der Waals surface area contributed by atoms with Gasteiger partial charge in [-0.2, -0.15) is 0 Å². The first kappa shape index (κ1) is 46.0. The second-order valence-corrected chi connectivity index (χ2v) is 22.1. The van der Waals surface area contributed by atoms with E-state index in [-0.39, 0.29) is 0 Å². The van der Waals surface area contributed by atoms with E-state index in [9.17, 15) is 0 Å². The van der Waals surface area contributed by atoms with E-state index >= 15 is 0 Å². The number of hydrogen-bond acceptors (Lipinski definition) is 1. The Morgan fingerprint density at radius 2 is 0.662 bits per heavy atom. The van der Waals surface area contributed by atoms with Crippen molar-refractivity contribution in [3.8, 4) is 83.6 Å². The molecule has 0 aliphatic rings. The summed E-state index contributed by atoms with van der Waals surface area (Å²) in [7, 11) is 0. The largest absolute Gasteiger partial charge is 0.309 e. The van der Waals surface area contributed by atoms with E-state index in [2.05, 4.69) is 302 Å². The Bertz CT molecular complexity index is 5040. The summed E-state index contributed by atoms with van der Waals surface area (Å²) in [5.74, 6) is 0. The van der Waals surface area contributed by atoms with E-state index < -0.39 is 0 Å². The highest BCUT2D eigenvalue weighted by atomic mass is 32.1. The minimum atomic E-state index is 1.13. The molecule has 0 unspecified atom stereocenters. The minimum Gasteiger partial charge on any atom is -0.309 e. The van der Waals surface area contributed by atoms with Gasteiger partial charge in [-0.05, 0) is 160 Å². The topological polar surface area (TPSA) is 4.93 Å². The summed E-state index contributed by atoms with van der Waals surface area (Å²) in [5.41, 5.74) is 20.6. The molecule has 2 aromatic heterocycles. The van der Waals surface area contributed by atoms with Gasteiger partial charge in [0.05, 0.1) is 11.0 Å². The van der Waals surface area contributed by atoms with Crippen LogP contribution >= 0.6 is 11.3 Å². The number of fused-ring (bicyclic) bond motifs is 9. The fraction of sp³-hybridized carbons (Fsp3) is 0.